The molecule has 1 aromatic heterocycles. The number of hydrogen-bond acceptors (Lipinski definition) is 5. The second-order valence-electron chi connectivity index (χ2n) is 5.17. The fraction of sp³-hybridized carbons (Fsp3) is 0.714. The van der Waals surface area contributed by atoms with Crippen molar-refractivity contribution in [3.05, 3.63) is 12.4 Å². The van der Waals surface area contributed by atoms with Gasteiger partial charge in [0.05, 0.1) is 0 Å². The lowest BCUT2D eigenvalue weighted by molar-refractivity contribution is 0.438. The van der Waals surface area contributed by atoms with Crippen LogP contribution in [0.4, 0.5) is 11.6 Å². The number of nitrogens with zero attached hydrogens (tertiary/aromatic N) is 4. The van der Waals surface area contributed by atoms with Crippen LogP contribution < -0.4 is 15.5 Å². The van der Waals surface area contributed by atoms with Gasteiger partial charge >= 0.3 is 0 Å². The van der Waals surface area contributed by atoms with Crippen LogP contribution in [-0.4, -0.2) is 42.7 Å². The predicted molar refractivity (Wildman–Crippen MR) is 79.6 cm³/mol. The van der Waals surface area contributed by atoms with Gasteiger partial charge in [-0.2, -0.15) is 0 Å². The van der Waals surface area contributed by atoms with Crippen molar-refractivity contribution in [2.75, 3.05) is 36.5 Å². The Morgan fingerprint density at radius 1 is 1.42 bits per heavy atom. The molecule has 106 valence electrons. The Morgan fingerprint density at radius 3 is 3.00 bits per heavy atom. The van der Waals surface area contributed by atoms with E-state index in [1.807, 2.05) is 0 Å². The summed E-state index contributed by atoms with van der Waals surface area (Å²) < 4.78 is 0. The average molecular weight is 263 g/mol. The van der Waals surface area contributed by atoms with Gasteiger partial charge in [-0.3, -0.25) is 0 Å². The van der Waals surface area contributed by atoms with Crippen molar-refractivity contribution in [3.63, 3.8) is 0 Å². The number of nitrogens with two attached hydrogens (primary N) is 1. The van der Waals surface area contributed by atoms with Gasteiger partial charge in [0.15, 0.2) is 0 Å². The van der Waals surface area contributed by atoms with E-state index in [-0.39, 0.29) is 0 Å². The van der Waals surface area contributed by atoms with Gasteiger partial charge in [0.1, 0.15) is 18.0 Å². The van der Waals surface area contributed by atoms with Crippen LogP contribution in [0.3, 0.4) is 0 Å². The minimum absolute atomic E-state index is 0.536. The zero-order valence-corrected chi connectivity index (χ0v) is 12.0. The van der Waals surface area contributed by atoms with E-state index >= 15 is 0 Å². The van der Waals surface area contributed by atoms with Gasteiger partial charge in [-0.15, -0.1) is 0 Å². The summed E-state index contributed by atoms with van der Waals surface area (Å²) in [5.41, 5.74) is 5.73. The lowest BCUT2D eigenvalue weighted by Crippen LogP contribution is -2.41. The fourth-order valence-electron chi connectivity index (χ4n) is 2.66. The molecule has 0 bridgehead atoms. The van der Waals surface area contributed by atoms with Crippen LogP contribution in [0, 0.1) is 0 Å². The molecule has 1 fully saturated rings. The van der Waals surface area contributed by atoms with E-state index in [1.54, 1.807) is 6.33 Å². The molecule has 0 spiro atoms. The topological polar surface area (TPSA) is 58.3 Å². The highest BCUT2D eigenvalue weighted by Crippen LogP contribution is 2.26. The fourth-order valence-corrected chi connectivity index (χ4v) is 2.66. The van der Waals surface area contributed by atoms with Crippen LogP contribution in [0.1, 0.15) is 32.6 Å². The molecule has 0 amide bonds. The van der Waals surface area contributed by atoms with E-state index in [1.165, 1.54) is 19.3 Å². The van der Waals surface area contributed by atoms with Crippen molar-refractivity contribution in [1.29, 1.82) is 0 Å². The van der Waals surface area contributed by atoms with E-state index in [0.29, 0.717) is 6.04 Å². The van der Waals surface area contributed by atoms with E-state index in [2.05, 4.69) is 39.8 Å². The first-order chi connectivity index (χ1) is 9.26. The molecule has 19 heavy (non-hydrogen) atoms. The number of piperidine rings is 1. The summed E-state index contributed by atoms with van der Waals surface area (Å²) in [5.74, 6) is 2.04. The van der Waals surface area contributed by atoms with Crippen LogP contribution in [0.25, 0.3) is 0 Å². The highest BCUT2D eigenvalue weighted by atomic mass is 15.2. The second kappa shape index (κ2) is 6.70. The molecule has 1 atom stereocenters. The molecule has 1 aliphatic heterocycles. The summed E-state index contributed by atoms with van der Waals surface area (Å²) >= 11 is 0. The summed E-state index contributed by atoms with van der Waals surface area (Å²) in [7, 11) is 2.06. The van der Waals surface area contributed by atoms with Crippen LogP contribution in [0.15, 0.2) is 12.4 Å². The molecule has 1 aliphatic rings. The molecule has 2 N–H and O–H groups in total. The van der Waals surface area contributed by atoms with Crippen molar-refractivity contribution in [2.45, 2.75) is 38.6 Å². The molecule has 2 rings (SSSR count). The highest BCUT2D eigenvalue weighted by Gasteiger charge is 2.23. The van der Waals surface area contributed by atoms with Crippen molar-refractivity contribution in [2.24, 2.45) is 5.73 Å². The highest BCUT2D eigenvalue weighted by molar-refractivity contribution is 5.50. The molecule has 5 nitrogen and oxygen atoms in total. The smallest absolute Gasteiger partial charge is 0.134 e. The average Bonchev–Trinajstić information content (AvgIpc) is 2.47. The molecule has 0 saturated carbocycles. The summed E-state index contributed by atoms with van der Waals surface area (Å²) in [6, 6.07) is 2.63. The van der Waals surface area contributed by atoms with Crippen LogP contribution in [0.2, 0.25) is 0 Å². The molecule has 0 aliphatic carbocycles. The summed E-state index contributed by atoms with van der Waals surface area (Å²) in [5, 5.41) is 0. The number of hydrogen-bond donors (Lipinski definition) is 1. The maximum Gasteiger partial charge on any atom is 0.134 e. The van der Waals surface area contributed by atoms with Gasteiger partial charge in [0, 0.05) is 32.2 Å². The first-order valence-electron chi connectivity index (χ1n) is 7.26. The van der Waals surface area contributed by atoms with Crippen LogP contribution >= 0.6 is 0 Å². The predicted octanol–water partition coefficient (Wildman–Crippen LogP) is 1.64. The number of rotatable bonds is 5. The van der Waals surface area contributed by atoms with Gasteiger partial charge in [0.25, 0.3) is 0 Å². The monoisotopic (exact) mass is 263 g/mol. The van der Waals surface area contributed by atoms with Crippen molar-refractivity contribution < 1.29 is 0 Å². The van der Waals surface area contributed by atoms with Crippen molar-refractivity contribution in [3.8, 4) is 0 Å². The minimum Gasteiger partial charge on any atom is -0.360 e. The molecular weight excluding hydrogens is 238 g/mol. The van der Waals surface area contributed by atoms with Gasteiger partial charge in [-0.1, -0.05) is 0 Å². The molecule has 2 heterocycles. The minimum atomic E-state index is 0.536. The van der Waals surface area contributed by atoms with E-state index in [9.17, 15) is 0 Å². The summed E-state index contributed by atoms with van der Waals surface area (Å²) in [6.45, 7) is 4.90. The molecule has 1 aromatic rings. The van der Waals surface area contributed by atoms with E-state index < -0.39 is 0 Å². The number of aromatic nitrogens is 2. The maximum atomic E-state index is 5.73. The largest absolute Gasteiger partial charge is 0.360 e. The van der Waals surface area contributed by atoms with Crippen LogP contribution in [0.5, 0.6) is 0 Å². The van der Waals surface area contributed by atoms with E-state index in [0.717, 1.165) is 37.7 Å². The summed E-state index contributed by atoms with van der Waals surface area (Å²) in [6.07, 6.45) is 6.48. The van der Waals surface area contributed by atoms with E-state index in [4.69, 9.17) is 5.73 Å². The zero-order valence-electron chi connectivity index (χ0n) is 12.0. The van der Waals surface area contributed by atoms with Crippen molar-refractivity contribution in [1.82, 2.24) is 9.97 Å². The SMILES string of the molecule is CCN(C)c1cc(N2CCCCC2CCN)ncn1. The third-order valence-electron chi connectivity index (χ3n) is 3.92. The quantitative estimate of drug-likeness (QED) is 0.875. The number of anilines is 2. The van der Waals surface area contributed by atoms with Gasteiger partial charge in [-0.25, -0.2) is 9.97 Å². The molecule has 1 unspecified atom stereocenters. The Hall–Kier alpha value is -1.36. The molecule has 0 radical (unpaired) electrons. The Labute approximate surface area is 115 Å². The normalized spacial score (nSPS) is 19.5. The molecule has 0 aromatic carbocycles. The third kappa shape index (κ3) is 3.35. The molecule has 1 saturated heterocycles. The maximum absolute atomic E-state index is 5.73. The standard InChI is InChI=1S/C14H25N5/c1-3-18(2)13-10-14(17-11-16-13)19-9-5-4-6-12(19)7-8-15/h10-12H,3-9,15H2,1-2H3. The lowest BCUT2D eigenvalue weighted by atomic mass is 9.99. The van der Waals surface area contributed by atoms with Gasteiger partial charge in [0.2, 0.25) is 0 Å². The van der Waals surface area contributed by atoms with Crippen molar-refractivity contribution >= 4 is 11.6 Å². The van der Waals surface area contributed by atoms with Crippen LogP contribution in [-0.2, 0) is 0 Å². The lowest BCUT2D eigenvalue weighted by Gasteiger charge is -2.36. The first kappa shape index (κ1) is 14.1. The molecule has 5 heteroatoms. The zero-order chi connectivity index (χ0) is 13.7. The Bertz CT molecular complexity index is 393. The Kier molecular flexibility index (Phi) is 4.96. The third-order valence-corrected chi connectivity index (χ3v) is 3.92. The van der Waals surface area contributed by atoms with Gasteiger partial charge < -0.3 is 15.5 Å². The second-order valence-corrected chi connectivity index (χ2v) is 5.17. The Morgan fingerprint density at radius 2 is 2.26 bits per heavy atom. The first-order valence-corrected chi connectivity index (χ1v) is 7.26. The molecular formula is C14H25N5. The van der Waals surface area contributed by atoms with Gasteiger partial charge in [-0.05, 0) is 39.2 Å². The summed E-state index contributed by atoms with van der Waals surface area (Å²) in [4.78, 5) is 13.3. The Balaban J connectivity index is 2.18.